The van der Waals surface area contributed by atoms with Crippen LogP contribution in [0.25, 0.3) is 0 Å². The molecule has 4 nitrogen and oxygen atoms in total. The quantitative estimate of drug-likeness (QED) is 0.826. The maximum absolute atomic E-state index is 12.6. The molecule has 0 radical (unpaired) electrons. The number of ether oxygens (including phenoxy) is 2. The Labute approximate surface area is 143 Å². The van der Waals surface area contributed by atoms with E-state index in [1.54, 1.807) is 19.1 Å². The second-order valence-corrected chi connectivity index (χ2v) is 5.41. The third kappa shape index (κ3) is 6.37. The molecule has 2 rings (SSSR count). The summed E-state index contributed by atoms with van der Waals surface area (Å²) in [6.45, 7) is 1.64. The van der Waals surface area contributed by atoms with Crippen molar-refractivity contribution < 1.29 is 27.4 Å². The van der Waals surface area contributed by atoms with Crippen molar-refractivity contribution in [3.63, 3.8) is 0 Å². The molecule has 1 atom stereocenters. The monoisotopic (exact) mass is 353 g/mol. The minimum Gasteiger partial charge on any atom is -0.491 e. The highest BCUT2D eigenvalue weighted by molar-refractivity contribution is 5.77. The smallest absolute Gasteiger partial charge is 0.416 e. The number of rotatable bonds is 7. The summed E-state index contributed by atoms with van der Waals surface area (Å²) in [6.07, 6.45) is -4.45. The highest BCUT2D eigenvalue weighted by Gasteiger charge is 2.30. The fraction of sp³-hybridized carbons (Fsp3) is 0.278. The molecule has 1 N–H and O–H groups in total. The number of benzene rings is 2. The summed E-state index contributed by atoms with van der Waals surface area (Å²) in [5.74, 6) is 0.226. The van der Waals surface area contributed by atoms with Gasteiger partial charge in [0.15, 0.2) is 6.61 Å². The Balaban J connectivity index is 1.76. The number of hydrogen-bond donors (Lipinski definition) is 1. The summed E-state index contributed by atoms with van der Waals surface area (Å²) in [5.41, 5.74) is -0.824. The first-order valence-corrected chi connectivity index (χ1v) is 7.62. The first kappa shape index (κ1) is 18.6. The molecule has 1 unspecified atom stereocenters. The Kier molecular flexibility index (Phi) is 6.27. The second-order valence-electron chi connectivity index (χ2n) is 5.41. The molecule has 2 aromatic carbocycles. The van der Waals surface area contributed by atoms with Crippen LogP contribution in [0, 0.1) is 0 Å². The zero-order chi connectivity index (χ0) is 18.3. The van der Waals surface area contributed by atoms with Crippen molar-refractivity contribution in [2.24, 2.45) is 0 Å². The van der Waals surface area contributed by atoms with Gasteiger partial charge in [0.25, 0.3) is 5.91 Å². The number of alkyl halides is 3. The lowest BCUT2D eigenvalue weighted by Crippen LogP contribution is -2.39. The molecule has 0 fully saturated rings. The van der Waals surface area contributed by atoms with Gasteiger partial charge in [-0.05, 0) is 37.3 Å². The van der Waals surface area contributed by atoms with Crippen LogP contribution >= 0.6 is 0 Å². The van der Waals surface area contributed by atoms with Crippen LogP contribution in [-0.4, -0.2) is 25.2 Å². The largest absolute Gasteiger partial charge is 0.491 e. The van der Waals surface area contributed by atoms with Gasteiger partial charge < -0.3 is 14.8 Å². The average molecular weight is 353 g/mol. The maximum atomic E-state index is 12.6. The van der Waals surface area contributed by atoms with Crippen molar-refractivity contribution in [3.05, 3.63) is 60.2 Å². The summed E-state index contributed by atoms with van der Waals surface area (Å²) in [5, 5.41) is 2.65. The predicted octanol–water partition coefficient (Wildman–Crippen LogP) is 3.67. The molecule has 0 saturated carbocycles. The minimum atomic E-state index is -4.45. The SMILES string of the molecule is CC(COc1ccccc1)NC(=O)COc1cccc(C(F)(F)F)c1. The Morgan fingerprint density at radius 3 is 2.40 bits per heavy atom. The van der Waals surface area contributed by atoms with Crippen LogP contribution in [0.4, 0.5) is 13.2 Å². The zero-order valence-electron chi connectivity index (χ0n) is 13.5. The van der Waals surface area contributed by atoms with Crippen LogP contribution in [-0.2, 0) is 11.0 Å². The number of carbonyl (C=O) groups is 1. The highest BCUT2D eigenvalue weighted by Crippen LogP contribution is 2.31. The van der Waals surface area contributed by atoms with Gasteiger partial charge in [0.05, 0.1) is 11.6 Å². The molecule has 134 valence electrons. The summed E-state index contributed by atoms with van der Waals surface area (Å²) in [7, 11) is 0. The van der Waals surface area contributed by atoms with Gasteiger partial charge in [-0.25, -0.2) is 0 Å². The molecule has 0 bridgehead atoms. The Hall–Kier alpha value is -2.70. The lowest BCUT2D eigenvalue weighted by atomic mass is 10.2. The van der Waals surface area contributed by atoms with E-state index in [-0.39, 0.29) is 25.0 Å². The molecule has 0 saturated heterocycles. The summed E-state index contributed by atoms with van der Waals surface area (Å²) in [4.78, 5) is 11.8. The number of halogens is 3. The highest BCUT2D eigenvalue weighted by atomic mass is 19.4. The van der Waals surface area contributed by atoms with Crippen LogP contribution in [0.2, 0.25) is 0 Å². The normalized spacial score (nSPS) is 12.3. The molecule has 0 aliphatic rings. The molecule has 0 aliphatic carbocycles. The van der Waals surface area contributed by atoms with Crippen molar-refractivity contribution >= 4 is 5.91 Å². The number of carbonyl (C=O) groups excluding carboxylic acids is 1. The van der Waals surface area contributed by atoms with Gasteiger partial charge in [-0.1, -0.05) is 24.3 Å². The van der Waals surface area contributed by atoms with E-state index in [0.29, 0.717) is 5.75 Å². The van der Waals surface area contributed by atoms with E-state index in [4.69, 9.17) is 9.47 Å². The molecule has 7 heteroatoms. The summed E-state index contributed by atoms with van der Waals surface area (Å²) >= 11 is 0. The zero-order valence-corrected chi connectivity index (χ0v) is 13.5. The van der Waals surface area contributed by atoms with Gasteiger partial charge in [-0.3, -0.25) is 4.79 Å². The number of para-hydroxylation sites is 1. The Bertz CT molecular complexity index is 689. The van der Waals surface area contributed by atoms with E-state index < -0.39 is 17.6 Å². The van der Waals surface area contributed by atoms with Crippen LogP contribution < -0.4 is 14.8 Å². The van der Waals surface area contributed by atoms with Gasteiger partial charge >= 0.3 is 6.18 Å². The molecular weight excluding hydrogens is 335 g/mol. The number of hydrogen-bond acceptors (Lipinski definition) is 3. The van der Waals surface area contributed by atoms with E-state index in [2.05, 4.69) is 5.32 Å². The van der Waals surface area contributed by atoms with Crippen molar-refractivity contribution in [2.75, 3.05) is 13.2 Å². The lowest BCUT2D eigenvalue weighted by Gasteiger charge is -2.15. The third-order valence-corrected chi connectivity index (χ3v) is 3.18. The van der Waals surface area contributed by atoms with Gasteiger partial charge in [0.1, 0.15) is 18.1 Å². The van der Waals surface area contributed by atoms with E-state index in [9.17, 15) is 18.0 Å². The van der Waals surface area contributed by atoms with Crippen molar-refractivity contribution in [1.29, 1.82) is 0 Å². The second kappa shape index (κ2) is 8.41. The summed E-state index contributed by atoms with van der Waals surface area (Å²) < 4.78 is 48.5. The first-order chi connectivity index (χ1) is 11.8. The van der Waals surface area contributed by atoms with Crippen molar-refractivity contribution in [3.8, 4) is 11.5 Å². The van der Waals surface area contributed by atoms with Crippen LogP contribution in [0.3, 0.4) is 0 Å². The molecule has 0 heterocycles. The van der Waals surface area contributed by atoms with Crippen LogP contribution in [0.5, 0.6) is 11.5 Å². The van der Waals surface area contributed by atoms with Gasteiger partial charge in [-0.2, -0.15) is 13.2 Å². The van der Waals surface area contributed by atoms with E-state index in [1.807, 2.05) is 18.2 Å². The molecule has 0 aliphatic heterocycles. The van der Waals surface area contributed by atoms with Crippen molar-refractivity contribution in [1.82, 2.24) is 5.32 Å². The van der Waals surface area contributed by atoms with E-state index in [0.717, 1.165) is 12.1 Å². The molecule has 25 heavy (non-hydrogen) atoms. The lowest BCUT2D eigenvalue weighted by molar-refractivity contribution is -0.137. The molecular formula is C18H18F3NO3. The molecule has 0 spiro atoms. The fourth-order valence-electron chi connectivity index (χ4n) is 2.01. The maximum Gasteiger partial charge on any atom is 0.416 e. The minimum absolute atomic E-state index is 0.0156. The standard InChI is InChI=1S/C18H18F3NO3/c1-13(11-24-15-7-3-2-4-8-15)22-17(23)12-25-16-9-5-6-14(10-16)18(19,20)21/h2-10,13H,11-12H2,1H3,(H,22,23). The van der Waals surface area contributed by atoms with E-state index >= 15 is 0 Å². The van der Waals surface area contributed by atoms with Gasteiger partial charge in [0, 0.05) is 0 Å². The van der Waals surface area contributed by atoms with Gasteiger partial charge in [0.2, 0.25) is 0 Å². The molecule has 1 amide bonds. The Morgan fingerprint density at radius 2 is 1.72 bits per heavy atom. The molecule has 0 aromatic heterocycles. The number of amides is 1. The third-order valence-electron chi connectivity index (χ3n) is 3.18. The van der Waals surface area contributed by atoms with Crippen molar-refractivity contribution in [2.45, 2.75) is 19.1 Å². The Morgan fingerprint density at radius 1 is 1.04 bits per heavy atom. The van der Waals surface area contributed by atoms with E-state index in [1.165, 1.54) is 12.1 Å². The first-order valence-electron chi connectivity index (χ1n) is 7.62. The van der Waals surface area contributed by atoms with Gasteiger partial charge in [-0.15, -0.1) is 0 Å². The average Bonchev–Trinajstić information content (AvgIpc) is 2.59. The fourth-order valence-corrected chi connectivity index (χ4v) is 2.01. The summed E-state index contributed by atoms with van der Waals surface area (Å²) in [6, 6.07) is 13.2. The predicted molar refractivity (Wildman–Crippen MR) is 86.5 cm³/mol. The van der Waals surface area contributed by atoms with Crippen LogP contribution in [0.1, 0.15) is 12.5 Å². The topological polar surface area (TPSA) is 47.6 Å². The molecule has 2 aromatic rings. The van der Waals surface area contributed by atoms with Crippen LogP contribution in [0.15, 0.2) is 54.6 Å². The number of nitrogens with one attached hydrogen (secondary N) is 1.